The van der Waals surface area contributed by atoms with Gasteiger partial charge in [0.2, 0.25) is 0 Å². The van der Waals surface area contributed by atoms with Crippen LogP contribution >= 0.6 is 11.3 Å². The summed E-state index contributed by atoms with van der Waals surface area (Å²) in [5.41, 5.74) is -0.0395. The van der Waals surface area contributed by atoms with Crippen molar-refractivity contribution >= 4 is 17.2 Å². The van der Waals surface area contributed by atoms with E-state index < -0.39 is 0 Å². The Bertz CT molecular complexity index is 657. The second-order valence-electron chi connectivity index (χ2n) is 6.05. The van der Waals surface area contributed by atoms with Crippen molar-refractivity contribution in [3.05, 3.63) is 29.5 Å². The highest BCUT2D eigenvalue weighted by Gasteiger charge is 2.29. The fraction of sp³-hybridized carbons (Fsp3) is 0.467. The summed E-state index contributed by atoms with van der Waals surface area (Å²) in [5.74, 6) is 0.546. The van der Waals surface area contributed by atoms with Gasteiger partial charge in [-0.05, 0) is 6.07 Å². The Labute approximate surface area is 133 Å². The van der Waals surface area contributed by atoms with E-state index >= 15 is 0 Å². The highest BCUT2D eigenvalue weighted by atomic mass is 32.1. The Kier molecular flexibility index (Phi) is 4.17. The Morgan fingerprint density at radius 1 is 1.32 bits per heavy atom. The molecule has 0 spiro atoms. The van der Waals surface area contributed by atoms with Gasteiger partial charge in [-0.1, -0.05) is 13.8 Å². The average Bonchev–Trinajstić information content (AvgIpc) is 2.93. The summed E-state index contributed by atoms with van der Waals surface area (Å²) in [6.07, 6.45) is 4.94. The van der Waals surface area contributed by atoms with Gasteiger partial charge in [-0.2, -0.15) is 0 Å². The molecule has 0 aliphatic carbocycles. The van der Waals surface area contributed by atoms with Crippen LogP contribution in [0.5, 0.6) is 0 Å². The average molecular weight is 318 g/mol. The van der Waals surface area contributed by atoms with E-state index in [-0.39, 0.29) is 11.3 Å². The van der Waals surface area contributed by atoms with Crippen molar-refractivity contribution < 1.29 is 9.53 Å². The van der Waals surface area contributed by atoms with Crippen molar-refractivity contribution in [1.82, 2.24) is 19.9 Å². The minimum Gasteiger partial charge on any atom is -0.379 e. The summed E-state index contributed by atoms with van der Waals surface area (Å²) in [6.45, 7) is 6.74. The molecule has 0 aromatic carbocycles. The van der Waals surface area contributed by atoms with Crippen LogP contribution in [0.25, 0.3) is 10.8 Å². The molecule has 0 bridgehead atoms. The SMILES string of the molecule is CC1(C)COCCN(C(=O)c2cnc(-c3ncccn3)s2)C1. The third-order valence-electron chi connectivity index (χ3n) is 3.38. The van der Waals surface area contributed by atoms with E-state index in [4.69, 9.17) is 4.74 Å². The number of aromatic nitrogens is 3. The molecular formula is C15H18N4O2S. The van der Waals surface area contributed by atoms with Crippen molar-refractivity contribution in [2.45, 2.75) is 13.8 Å². The van der Waals surface area contributed by atoms with E-state index in [2.05, 4.69) is 28.8 Å². The molecular weight excluding hydrogens is 300 g/mol. The van der Waals surface area contributed by atoms with Gasteiger partial charge in [0.1, 0.15) is 4.88 Å². The van der Waals surface area contributed by atoms with Gasteiger partial charge in [0.15, 0.2) is 10.8 Å². The van der Waals surface area contributed by atoms with E-state index in [1.165, 1.54) is 11.3 Å². The number of carbonyl (C=O) groups is 1. The maximum Gasteiger partial charge on any atom is 0.265 e. The van der Waals surface area contributed by atoms with Crippen LogP contribution in [0.3, 0.4) is 0 Å². The third-order valence-corrected chi connectivity index (χ3v) is 4.36. The van der Waals surface area contributed by atoms with Crippen LogP contribution in [0, 0.1) is 5.41 Å². The number of nitrogens with zero attached hydrogens (tertiary/aromatic N) is 4. The van der Waals surface area contributed by atoms with Crippen molar-refractivity contribution in [2.24, 2.45) is 5.41 Å². The van der Waals surface area contributed by atoms with E-state index in [0.717, 1.165) is 0 Å². The third kappa shape index (κ3) is 3.31. The van der Waals surface area contributed by atoms with Gasteiger partial charge in [0.05, 0.1) is 19.4 Å². The first-order chi connectivity index (χ1) is 10.6. The standard InChI is InChI=1S/C15H18N4O2S/c1-15(2)9-19(6-7-21-10-15)14(20)11-8-18-13(22-11)12-16-4-3-5-17-12/h3-5,8H,6-7,9-10H2,1-2H3. The van der Waals surface area contributed by atoms with E-state index in [1.807, 2.05) is 4.90 Å². The maximum absolute atomic E-state index is 12.7. The highest BCUT2D eigenvalue weighted by molar-refractivity contribution is 7.16. The Morgan fingerprint density at radius 2 is 2.09 bits per heavy atom. The number of ether oxygens (including phenoxy) is 1. The van der Waals surface area contributed by atoms with E-state index in [0.29, 0.717) is 42.0 Å². The van der Waals surface area contributed by atoms with Gasteiger partial charge in [-0.3, -0.25) is 4.79 Å². The predicted octanol–water partition coefficient (Wildman–Crippen LogP) is 2.10. The number of hydrogen-bond donors (Lipinski definition) is 0. The van der Waals surface area contributed by atoms with Gasteiger partial charge < -0.3 is 9.64 Å². The molecule has 2 aromatic rings. The van der Waals surface area contributed by atoms with Crippen molar-refractivity contribution in [2.75, 3.05) is 26.3 Å². The lowest BCUT2D eigenvalue weighted by atomic mass is 9.94. The van der Waals surface area contributed by atoms with Crippen molar-refractivity contribution in [1.29, 1.82) is 0 Å². The Balaban J connectivity index is 1.79. The molecule has 7 heteroatoms. The molecule has 0 unspecified atom stereocenters. The van der Waals surface area contributed by atoms with E-state index in [9.17, 15) is 4.79 Å². The molecule has 3 rings (SSSR count). The normalized spacial score (nSPS) is 18.0. The lowest BCUT2D eigenvalue weighted by molar-refractivity contribution is 0.0718. The number of carbonyl (C=O) groups excluding carboxylic acids is 1. The van der Waals surface area contributed by atoms with E-state index in [1.54, 1.807) is 24.7 Å². The summed E-state index contributed by atoms with van der Waals surface area (Å²) >= 11 is 1.33. The fourth-order valence-electron chi connectivity index (χ4n) is 2.38. The molecule has 1 saturated heterocycles. The summed E-state index contributed by atoms with van der Waals surface area (Å²) in [4.78, 5) is 27.7. The minimum absolute atomic E-state index is 0.00161. The maximum atomic E-state index is 12.7. The van der Waals surface area contributed by atoms with Crippen LogP contribution in [-0.4, -0.2) is 52.1 Å². The molecule has 1 aliphatic rings. The molecule has 1 aliphatic heterocycles. The zero-order valence-corrected chi connectivity index (χ0v) is 13.5. The molecule has 116 valence electrons. The molecule has 0 atom stereocenters. The lowest BCUT2D eigenvalue weighted by Crippen LogP contribution is -2.38. The molecule has 6 nitrogen and oxygen atoms in total. The summed E-state index contributed by atoms with van der Waals surface area (Å²) in [6, 6.07) is 1.75. The zero-order valence-electron chi connectivity index (χ0n) is 12.7. The fourth-order valence-corrected chi connectivity index (χ4v) is 3.21. The first-order valence-corrected chi connectivity index (χ1v) is 7.97. The summed E-state index contributed by atoms with van der Waals surface area (Å²) in [7, 11) is 0. The quantitative estimate of drug-likeness (QED) is 0.848. The Morgan fingerprint density at radius 3 is 2.86 bits per heavy atom. The van der Waals surface area contributed by atoms with Gasteiger partial charge in [0.25, 0.3) is 5.91 Å². The number of amides is 1. The van der Waals surface area contributed by atoms with Gasteiger partial charge in [-0.15, -0.1) is 11.3 Å². The molecule has 0 radical (unpaired) electrons. The second-order valence-corrected chi connectivity index (χ2v) is 7.08. The molecule has 3 heterocycles. The number of rotatable bonds is 2. The van der Waals surface area contributed by atoms with Gasteiger partial charge in [0, 0.05) is 30.9 Å². The molecule has 0 saturated carbocycles. The topological polar surface area (TPSA) is 68.2 Å². The van der Waals surface area contributed by atoms with Crippen LogP contribution in [0.4, 0.5) is 0 Å². The summed E-state index contributed by atoms with van der Waals surface area (Å²) < 4.78 is 5.57. The first kappa shape index (κ1) is 15.1. The number of thiazole rings is 1. The Hall–Kier alpha value is -1.86. The van der Waals surface area contributed by atoms with Crippen LogP contribution in [0.2, 0.25) is 0 Å². The molecule has 22 heavy (non-hydrogen) atoms. The van der Waals surface area contributed by atoms with Crippen molar-refractivity contribution in [3.8, 4) is 10.8 Å². The van der Waals surface area contributed by atoms with Crippen LogP contribution in [0.15, 0.2) is 24.7 Å². The molecule has 2 aromatic heterocycles. The number of hydrogen-bond acceptors (Lipinski definition) is 6. The smallest absolute Gasteiger partial charge is 0.265 e. The van der Waals surface area contributed by atoms with Crippen LogP contribution < -0.4 is 0 Å². The van der Waals surface area contributed by atoms with Crippen LogP contribution in [-0.2, 0) is 4.74 Å². The monoisotopic (exact) mass is 318 g/mol. The predicted molar refractivity (Wildman–Crippen MR) is 83.6 cm³/mol. The second kappa shape index (κ2) is 6.10. The van der Waals surface area contributed by atoms with Crippen molar-refractivity contribution in [3.63, 3.8) is 0 Å². The largest absolute Gasteiger partial charge is 0.379 e. The highest BCUT2D eigenvalue weighted by Crippen LogP contribution is 2.25. The lowest BCUT2D eigenvalue weighted by Gasteiger charge is -2.27. The minimum atomic E-state index is -0.0395. The zero-order chi connectivity index (χ0) is 15.6. The molecule has 1 amide bonds. The van der Waals surface area contributed by atoms with Crippen LogP contribution in [0.1, 0.15) is 23.5 Å². The van der Waals surface area contributed by atoms with Gasteiger partial charge in [-0.25, -0.2) is 15.0 Å². The molecule has 0 N–H and O–H groups in total. The summed E-state index contributed by atoms with van der Waals surface area (Å²) in [5, 5.41) is 0.661. The molecule has 1 fully saturated rings. The van der Waals surface area contributed by atoms with Gasteiger partial charge >= 0.3 is 0 Å². The first-order valence-electron chi connectivity index (χ1n) is 7.15.